The highest BCUT2D eigenvalue weighted by Crippen LogP contribution is 2.14. The Hall–Kier alpha value is -1.82. The first-order valence-electron chi connectivity index (χ1n) is 3.85. The number of guanidine groups is 1. The van der Waals surface area contributed by atoms with Crippen molar-refractivity contribution in [1.29, 1.82) is 0 Å². The molecule has 0 atom stereocenters. The normalized spacial score (nSPS) is 10.5. The molecule has 80 valence electrons. The second kappa shape index (κ2) is 4.61. The van der Waals surface area contributed by atoms with Gasteiger partial charge in [-0.25, -0.2) is 4.39 Å². The summed E-state index contributed by atoms with van der Waals surface area (Å²) in [4.78, 5) is 0.0203. The van der Waals surface area contributed by atoms with Gasteiger partial charge in [0.2, 0.25) is 0 Å². The van der Waals surface area contributed by atoms with E-state index >= 15 is 0 Å². The minimum atomic E-state index is -0.595. The summed E-state index contributed by atoms with van der Waals surface area (Å²) in [6.07, 6.45) is 1.12. The van der Waals surface area contributed by atoms with Crippen LogP contribution in [0, 0.1) is 11.0 Å². The standard InChI is InChI=1S/C8H8ClFN4O/c9-6-2-1-5(3-7(6)10)4-13-14(15)8(11)12/h1-4H,11-12H2/b13-4+. The second-order valence-electron chi connectivity index (χ2n) is 2.62. The Morgan fingerprint density at radius 1 is 1.53 bits per heavy atom. The number of halogens is 2. The maximum absolute atomic E-state index is 12.9. The predicted molar refractivity (Wildman–Crippen MR) is 56.0 cm³/mol. The van der Waals surface area contributed by atoms with Gasteiger partial charge in [-0.3, -0.25) is 11.5 Å². The van der Waals surface area contributed by atoms with Crippen molar-refractivity contribution in [3.8, 4) is 0 Å². The molecular formula is C8H8ClFN4O. The lowest BCUT2D eigenvalue weighted by Gasteiger charge is -2.02. The van der Waals surface area contributed by atoms with E-state index in [2.05, 4.69) is 5.10 Å². The van der Waals surface area contributed by atoms with Crippen molar-refractivity contribution in [1.82, 2.24) is 0 Å². The maximum atomic E-state index is 12.9. The average Bonchev–Trinajstić information content (AvgIpc) is 2.19. The van der Waals surface area contributed by atoms with Crippen LogP contribution in [0.25, 0.3) is 0 Å². The van der Waals surface area contributed by atoms with Gasteiger partial charge < -0.3 is 5.21 Å². The van der Waals surface area contributed by atoms with Gasteiger partial charge in [-0.2, -0.15) is 0 Å². The van der Waals surface area contributed by atoms with Crippen molar-refractivity contribution >= 4 is 23.8 Å². The lowest BCUT2D eigenvalue weighted by Crippen LogP contribution is -2.30. The molecule has 0 aromatic heterocycles. The van der Waals surface area contributed by atoms with Crippen molar-refractivity contribution in [2.24, 2.45) is 16.6 Å². The summed E-state index contributed by atoms with van der Waals surface area (Å²) < 4.78 is 12.9. The topological polar surface area (TPSA) is 90.5 Å². The number of nitrogens with two attached hydrogens (primary N) is 2. The summed E-state index contributed by atoms with van der Waals surface area (Å²) in [7, 11) is 0. The number of nitrogens with zero attached hydrogens (tertiary/aromatic N) is 2. The van der Waals surface area contributed by atoms with Gasteiger partial charge in [-0.05, 0) is 17.7 Å². The third-order valence-electron chi connectivity index (χ3n) is 1.48. The molecule has 7 heteroatoms. The van der Waals surface area contributed by atoms with Crippen LogP contribution in [0.5, 0.6) is 0 Å². The molecule has 0 aliphatic carbocycles. The number of rotatable bonds is 2. The van der Waals surface area contributed by atoms with Crippen LogP contribution in [0.2, 0.25) is 5.02 Å². The van der Waals surface area contributed by atoms with E-state index in [9.17, 15) is 9.60 Å². The first kappa shape index (κ1) is 11.3. The molecule has 0 fully saturated rings. The summed E-state index contributed by atoms with van der Waals surface area (Å²) in [5.41, 5.74) is 10.3. The third kappa shape index (κ3) is 3.10. The zero-order valence-corrected chi connectivity index (χ0v) is 8.28. The molecule has 1 aromatic rings. The maximum Gasteiger partial charge on any atom is 0.366 e. The molecule has 5 nitrogen and oxygen atoms in total. The smallest absolute Gasteiger partial charge is 0.366 e. The van der Waals surface area contributed by atoms with Gasteiger partial charge in [0.05, 0.1) is 11.2 Å². The zero-order chi connectivity index (χ0) is 11.4. The van der Waals surface area contributed by atoms with Crippen LogP contribution in [0.15, 0.2) is 23.3 Å². The first-order valence-corrected chi connectivity index (χ1v) is 4.22. The minimum absolute atomic E-state index is 0.00368. The van der Waals surface area contributed by atoms with Gasteiger partial charge in [0, 0.05) is 0 Å². The van der Waals surface area contributed by atoms with Gasteiger partial charge in [0.25, 0.3) is 0 Å². The molecule has 15 heavy (non-hydrogen) atoms. The monoisotopic (exact) mass is 230 g/mol. The summed E-state index contributed by atoms with van der Waals surface area (Å²) in [6, 6.07) is 3.98. The largest absolute Gasteiger partial charge is 0.722 e. The van der Waals surface area contributed by atoms with E-state index in [1.165, 1.54) is 12.1 Å². The van der Waals surface area contributed by atoms with Crippen LogP contribution in [0.4, 0.5) is 4.39 Å². The Kier molecular flexibility index (Phi) is 3.46. The highest BCUT2D eigenvalue weighted by molar-refractivity contribution is 6.30. The summed E-state index contributed by atoms with van der Waals surface area (Å²) in [5, 5.41) is 14.1. The molecule has 0 saturated carbocycles. The van der Waals surface area contributed by atoms with Crippen LogP contribution in [0.1, 0.15) is 5.56 Å². The molecule has 0 heterocycles. The molecule has 0 unspecified atom stereocenters. The highest BCUT2D eigenvalue weighted by Gasteiger charge is 1.99. The number of hydrazone groups is 1. The van der Waals surface area contributed by atoms with E-state index < -0.39 is 11.8 Å². The Morgan fingerprint density at radius 3 is 2.73 bits per heavy atom. The molecule has 0 bridgehead atoms. The van der Waals surface area contributed by atoms with E-state index in [-0.39, 0.29) is 9.87 Å². The summed E-state index contributed by atoms with van der Waals surface area (Å²) in [6.45, 7) is 0. The fourth-order valence-corrected chi connectivity index (χ4v) is 0.896. The zero-order valence-electron chi connectivity index (χ0n) is 7.52. The van der Waals surface area contributed by atoms with Crippen molar-refractivity contribution in [3.05, 3.63) is 39.8 Å². The second-order valence-corrected chi connectivity index (χ2v) is 3.02. The SMILES string of the molecule is NC(N)=[N+]([O-])/N=C/c1ccc(Cl)c(F)c1. The van der Waals surface area contributed by atoms with Crippen molar-refractivity contribution < 1.29 is 9.24 Å². The minimum Gasteiger partial charge on any atom is -0.722 e. The van der Waals surface area contributed by atoms with E-state index in [0.29, 0.717) is 5.56 Å². The van der Waals surface area contributed by atoms with Crippen LogP contribution in [-0.2, 0) is 0 Å². The molecule has 1 aromatic carbocycles. The number of benzene rings is 1. The lowest BCUT2D eigenvalue weighted by atomic mass is 10.2. The molecular weight excluding hydrogens is 223 g/mol. The van der Waals surface area contributed by atoms with Crippen molar-refractivity contribution in [3.63, 3.8) is 0 Å². The van der Waals surface area contributed by atoms with E-state index in [4.69, 9.17) is 23.1 Å². The van der Waals surface area contributed by atoms with Gasteiger partial charge in [0.1, 0.15) is 5.82 Å². The quantitative estimate of drug-likeness (QED) is 0.256. The molecule has 0 saturated heterocycles. The molecule has 0 aliphatic heterocycles. The number of hydrogen-bond acceptors (Lipinski definition) is 2. The van der Waals surface area contributed by atoms with E-state index in [1.54, 1.807) is 0 Å². The predicted octanol–water partition coefficient (Wildman–Crippen LogP) is 0.597. The summed E-state index contributed by atoms with van der Waals surface area (Å²) in [5.74, 6) is -1.09. The van der Waals surface area contributed by atoms with Crippen LogP contribution >= 0.6 is 11.6 Å². The van der Waals surface area contributed by atoms with Crippen molar-refractivity contribution in [2.75, 3.05) is 0 Å². The average molecular weight is 231 g/mol. The molecule has 0 spiro atoms. The van der Waals surface area contributed by atoms with Crippen LogP contribution < -0.4 is 11.5 Å². The van der Waals surface area contributed by atoms with Gasteiger partial charge in [-0.1, -0.05) is 17.7 Å². The Bertz CT molecular complexity index is 429. The van der Waals surface area contributed by atoms with E-state index in [1.807, 2.05) is 0 Å². The molecule has 0 aliphatic rings. The Morgan fingerprint density at radius 2 is 2.20 bits per heavy atom. The summed E-state index contributed by atoms with van der Waals surface area (Å²) >= 11 is 5.46. The lowest BCUT2D eigenvalue weighted by molar-refractivity contribution is -0.463. The first-order chi connectivity index (χ1) is 7.00. The highest BCUT2D eigenvalue weighted by atomic mass is 35.5. The molecule has 1 rings (SSSR count). The fraction of sp³-hybridized carbons (Fsp3) is 0. The molecule has 0 radical (unpaired) electrons. The number of hydrogen-bond donors (Lipinski definition) is 2. The van der Waals surface area contributed by atoms with Crippen LogP contribution in [0.3, 0.4) is 0 Å². The Labute approximate surface area is 90.0 Å². The van der Waals surface area contributed by atoms with E-state index in [0.717, 1.165) is 12.3 Å². The van der Waals surface area contributed by atoms with Gasteiger partial charge in [0.15, 0.2) is 0 Å². The molecule has 0 amide bonds. The van der Waals surface area contributed by atoms with Crippen LogP contribution in [-0.4, -0.2) is 17.0 Å². The van der Waals surface area contributed by atoms with Gasteiger partial charge in [-0.15, -0.1) is 9.95 Å². The van der Waals surface area contributed by atoms with Gasteiger partial charge >= 0.3 is 5.96 Å². The third-order valence-corrected chi connectivity index (χ3v) is 1.78. The Balaban J connectivity index is 2.91. The fourth-order valence-electron chi connectivity index (χ4n) is 0.778. The van der Waals surface area contributed by atoms with Crippen molar-refractivity contribution in [2.45, 2.75) is 0 Å². The molecule has 4 N–H and O–H groups in total.